The van der Waals surface area contributed by atoms with Gasteiger partial charge in [0.25, 0.3) is 0 Å². The van der Waals surface area contributed by atoms with Gasteiger partial charge in [-0.3, -0.25) is 4.79 Å². The third-order valence-corrected chi connectivity index (χ3v) is 5.69. The van der Waals surface area contributed by atoms with Crippen LogP contribution in [-0.2, 0) is 4.79 Å². The maximum Gasteiger partial charge on any atom is 0.220 e. The maximum absolute atomic E-state index is 11.9. The van der Waals surface area contributed by atoms with Crippen molar-refractivity contribution in [1.29, 1.82) is 0 Å². The highest BCUT2D eigenvalue weighted by atomic mass is 32.2. The number of rotatable bonds is 9. The molecule has 0 spiro atoms. The monoisotopic (exact) mass is 421 g/mol. The zero-order chi connectivity index (χ0) is 21.5. The van der Waals surface area contributed by atoms with Gasteiger partial charge < -0.3 is 9.88 Å². The quantitative estimate of drug-likeness (QED) is 0.338. The number of imidazole rings is 1. The number of hydrogen-bond donors (Lipinski definition) is 1. The second kappa shape index (κ2) is 10.5. The lowest BCUT2D eigenvalue weighted by Gasteiger charge is -2.16. The van der Waals surface area contributed by atoms with Crippen LogP contribution in [0.1, 0.15) is 40.2 Å². The van der Waals surface area contributed by atoms with Crippen molar-refractivity contribution in [3.63, 3.8) is 0 Å². The molecular formula is C25H31N3OS. The van der Waals surface area contributed by atoms with E-state index in [9.17, 15) is 4.79 Å². The molecule has 0 bridgehead atoms. The second-order valence-electron chi connectivity index (χ2n) is 8.08. The molecule has 3 rings (SSSR count). The Balaban J connectivity index is 1.90. The SMILES string of the molecule is CC(C)CC(=O)NCCSc1nc(-c2ccccc2)c(-c2ccccc2)n1C(C)C. The van der Waals surface area contributed by atoms with Crippen LogP contribution in [0.15, 0.2) is 65.8 Å². The Bertz CT molecular complexity index is 949. The van der Waals surface area contributed by atoms with E-state index >= 15 is 0 Å². The van der Waals surface area contributed by atoms with Gasteiger partial charge in [-0.2, -0.15) is 0 Å². The fourth-order valence-electron chi connectivity index (χ4n) is 3.44. The zero-order valence-electron chi connectivity index (χ0n) is 18.3. The minimum absolute atomic E-state index is 0.118. The van der Waals surface area contributed by atoms with Gasteiger partial charge in [-0.15, -0.1) is 0 Å². The van der Waals surface area contributed by atoms with Crippen molar-refractivity contribution < 1.29 is 4.79 Å². The van der Waals surface area contributed by atoms with E-state index in [0.717, 1.165) is 33.4 Å². The molecule has 1 aromatic heterocycles. The van der Waals surface area contributed by atoms with E-state index in [1.54, 1.807) is 11.8 Å². The Kier molecular flexibility index (Phi) is 7.75. The molecule has 4 nitrogen and oxygen atoms in total. The first-order valence-corrected chi connectivity index (χ1v) is 11.6. The molecule has 0 saturated carbocycles. The lowest BCUT2D eigenvalue weighted by atomic mass is 10.0. The van der Waals surface area contributed by atoms with Gasteiger partial charge in [-0.1, -0.05) is 86.3 Å². The van der Waals surface area contributed by atoms with Crippen LogP contribution in [0.25, 0.3) is 22.5 Å². The average molecular weight is 422 g/mol. The first-order valence-electron chi connectivity index (χ1n) is 10.6. The predicted molar refractivity (Wildman–Crippen MR) is 127 cm³/mol. The summed E-state index contributed by atoms with van der Waals surface area (Å²) in [7, 11) is 0. The molecule has 0 aliphatic rings. The molecule has 3 aromatic rings. The predicted octanol–water partition coefficient (Wildman–Crippen LogP) is 6.05. The van der Waals surface area contributed by atoms with Crippen LogP contribution < -0.4 is 5.32 Å². The van der Waals surface area contributed by atoms with Crippen LogP contribution in [0.3, 0.4) is 0 Å². The van der Waals surface area contributed by atoms with Crippen LogP contribution in [0, 0.1) is 5.92 Å². The summed E-state index contributed by atoms with van der Waals surface area (Å²) in [5, 5.41) is 4.01. The first-order chi connectivity index (χ1) is 14.5. The summed E-state index contributed by atoms with van der Waals surface area (Å²) in [5.41, 5.74) is 4.42. The number of nitrogens with zero attached hydrogens (tertiary/aromatic N) is 2. The summed E-state index contributed by atoms with van der Waals surface area (Å²) in [6.45, 7) is 9.14. The van der Waals surface area contributed by atoms with Crippen LogP contribution >= 0.6 is 11.8 Å². The first kappa shape index (κ1) is 22.2. The van der Waals surface area contributed by atoms with Gasteiger partial charge in [0.15, 0.2) is 5.16 Å². The van der Waals surface area contributed by atoms with Crippen LogP contribution in [0.5, 0.6) is 0 Å². The minimum atomic E-state index is 0.118. The number of benzene rings is 2. The third kappa shape index (κ3) is 5.54. The Hall–Kier alpha value is -2.53. The molecule has 0 radical (unpaired) electrons. The number of nitrogens with one attached hydrogen (secondary N) is 1. The molecule has 2 aromatic carbocycles. The zero-order valence-corrected chi connectivity index (χ0v) is 19.1. The van der Waals surface area contributed by atoms with E-state index in [2.05, 4.69) is 86.1 Å². The van der Waals surface area contributed by atoms with Gasteiger partial charge >= 0.3 is 0 Å². The van der Waals surface area contributed by atoms with E-state index in [-0.39, 0.29) is 11.9 Å². The molecule has 0 unspecified atom stereocenters. The molecule has 158 valence electrons. The molecule has 0 aliphatic carbocycles. The lowest BCUT2D eigenvalue weighted by Crippen LogP contribution is -2.26. The van der Waals surface area contributed by atoms with E-state index in [1.165, 1.54) is 0 Å². The Morgan fingerprint density at radius 2 is 1.57 bits per heavy atom. The lowest BCUT2D eigenvalue weighted by molar-refractivity contribution is -0.121. The number of carbonyl (C=O) groups is 1. The van der Waals surface area contributed by atoms with Crippen molar-refractivity contribution in [2.45, 2.75) is 45.3 Å². The number of carbonyl (C=O) groups excluding carboxylic acids is 1. The molecule has 5 heteroatoms. The Labute approximate surface area is 184 Å². The van der Waals surface area contributed by atoms with Crippen LogP contribution in [-0.4, -0.2) is 27.8 Å². The topological polar surface area (TPSA) is 46.9 Å². The number of amides is 1. The fourth-order valence-corrected chi connectivity index (χ4v) is 4.42. The summed E-state index contributed by atoms with van der Waals surface area (Å²) in [6.07, 6.45) is 0.571. The molecule has 0 atom stereocenters. The van der Waals surface area contributed by atoms with Gasteiger partial charge in [0.2, 0.25) is 5.91 Å². The standard InChI is InChI=1S/C25H31N3OS/c1-18(2)17-22(29)26-15-16-30-25-27-23(20-11-7-5-8-12-20)24(28(25)19(3)4)21-13-9-6-10-14-21/h5-14,18-19H,15-17H2,1-4H3,(H,26,29). The van der Waals surface area contributed by atoms with Gasteiger partial charge in [-0.25, -0.2) is 4.98 Å². The number of hydrogen-bond acceptors (Lipinski definition) is 3. The summed E-state index contributed by atoms with van der Waals surface area (Å²) in [6, 6.07) is 21.1. The normalized spacial score (nSPS) is 11.3. The van der Waals surface area contributed by atoms with Crippen molar-refractivity contribution in [3.8, 4) is 22.5 Å². The highest BCUT2D eigenvalue weighted by Crippen LogP contribution is 2.37. The smallest absolute Gasteiger partial charge is 0.220 e. The van der Waals surface area contributed by atoms with Crippen LogP contribution in [0.2, 0.25) is 0 Å². The van der Waals surface area contributed by atoms with E-state index in [4.69, 9.17) is 4.98 Å². The van der Waals surface area contributed by atoms with Gasteiger partial charge in [-0.05, 0) is 19.8 Å². The third-order valence-electron chi connectivity index (χ3n) is 4.74. The summed E-state index contributed by atoms with van der Waals surface area (Å²) in [4.78, 5) is 17.0. The average Bonchev–Trinajstić information content (AvgIpc) is 3.12. The van der Waals surface area contributed by atoms with E-state index < -0.39 is 0 Å². The van der Waals surface area contributed by atoms with Crippen molar-refractivity contribution in [2.24, 2.45) is 5.92 Å². The summed E-state index contributed by atoms with van der Waals surface area (Å²) < 4.78 is 2.32. The number of aromatic nitrogens is 2. The van der Waals surface area contributed by atoms with E-state index in [0.29, 0.717) is 18.9 Å². The van der Waals surface area contributed by atoms with Crippen molar-refractivity contribution in [3.05, 3.63) is 60.7 Å². The molecule has 0 saturated heterocycles. The molecule has 0 aliphatic heterocycles. The molecule has 1 heterocycles. The van der Waals surface area contributed by atoms with Crippen LogP contribution in [0.4, 0.5) is 0 Å². The van der Waals surface area contributed by atoms with Gasteiger partial charge in [0, 0.05) is 35.9 Å². The summed E-state index contributed by atoms with van der Waals surface area (Å²) >= 11 is 1.70. The molecular weight excluding hydrogens is 390 g/mol. The van der Waals surface area contributed by atoms with Gasteiger partial charge in [0.05, 0.1) is 11.4 Å². The number of thioether (sulfide) groups is 1. The van der Waals surface area contributed by atoms with Crippen molar-refractivity contribution in [2.75, 3.05) is 12.3 Å². The van der Waals surface area contributed by atoms with Crippen molar-refractivity contribution >= 4 is 17.7 Å². The minimum Gasteiger partial charge on any atom is -0.355 e. The fraction of sp³-hybridized carbons (Fsp3) is 0.360. The maximum atomic E-state index is 11.9. The second-order valence-corrected chi connectivity index (χ2v) is 9.15. The molecule has 1 N–H and O–H groups in total. The largest absolute Gasteiger partial charge is 0.355 e. The molecule has 30 heavy (non-hydrogen) atoms. The van der Waals surface area contributed by atoms with Crippen molar-refractivity contribution in [1.82, 2.24) is 14.9 Å². The van der Waals surface area contributed by atoms with Gasteiger partial charge in [0.1, 0.15) is 0 Å². The highest BCUT2D eigenvalue weighted by Gasteiger charge is 2.21. The molecule has 1 amide bonds. The van der Waals surface area contributed by atoms with E-state index in [1.807, 2.05) is 12.1 Å². The Morgan fingerprint density at radius 1 is 0.967 bits per heavy atom. The highest BCUT2D eigenvalue weighted by molar-refractivity contribution is 7.99. The Morgan fingerprint density at radius 3 is 2.13 bits per heavy atom. The summed E-state index contributed by atoms with van der Waals surface area (Å²) in [5.74, 6) is 1.28. The molecule has 0 fully saturated rings.